The number of nitrogens with one attached hydrogen (secondary N) is 1. The summed E-state index contributed by atoms with van der Waals surface area (Å²) >= 11 is 0. The average Bonchev–Trinajstić information content (AvgIpc) is 2.20. The van der Waals surface area contributed by atoms with Crippen LogP contribution in [0.15, 0.2) is 12.3 Å². The van der Waals surface area contributed by atoms with Crippen LogP contribution in [0.4, 0.5) is 13.2 Å². The maximum Gasteiger partial charge on any atom is 0.454 e. The summed E-state index contributed by atoms with van der Waals surface area (Å²) in [6, 6.07) is -1.30. The molecule has 0 fully saturated rings. The second kappa shape index (κ2) is 6.62. The molecule has 0 aliphatic rings. The van der Waals surface area contributed by atoms with E-state index in [1.165, 1.54) is 0 Å². The Morgan fingerprint density at radius 2 is 1.89 bits per heavy atom. The molecule has 0 aromatic carbocycles. The molecule has 4 N–H and O–H groups in total. The Labute approximate surface area is 99.6 Å². The van der Waals surface area contributed by atoms with E-state index in [0.29, 0.717) is 6.20 Å². The third kappa shape index (κ3) is 6.51. The molecule has 0 saturated carbocycles. The van der Waals surface area contributed by atoms with Gasteiger partial charge < -0.3 is 16.2 Å². The van der Waals surface area contributed by atoms with E-state index >= 15 is 0 Å². The van der Waals surface area contributed by atoms with Crippen LogP contribution in [0.5, 0.6) is 0 Å². The minimum Gasteiger partial charge on any atom is -0.480 e. The van der Waals surface area contributed by atoms with Crippen LogP contribution in [-0.4, -0.2) is 35.0 Å². The van der Waals surface area contributed by atoms with Gasteiger partial charge in [-0.05, 0) is 6.42 Å². The van der Waals surface area contributed by atoms with Gasteiger partial charge in [0.25, 0.3) is 5.78 Å². The minimum absolute atomic E-state index is 0.167. The van der Waals surface area contributed by atoms with E-state index in [0.717, 1.165) is 0 Å². The van der Waals surface area contributed by atoms with Gasteiger partial charge >= 0.3 is 12.1 Å². The molecule has 1 amide bonds. The van der Waals surface area contributed by atoms with Gasteiger partial charge in [0, 0.05) is 18.7 Å². The Morgan fingerprint density at radius 3 is 2.28 bits per heavy atom. The molecule has 9 heteroatoms. The van der Waals surface area contributed by atoms with Gasteiger partial charge in [0.05, 0.1) is 0 Å². The Balaban J connectivity index is 4.36. The average molecular weight is 268 g/mol. The molecule has 0 aromatic rings. The SMILES string of the molecule is NC(=O)CC[C@H](N/C=C\C(=O)C(F)(F)F)C(=O)O. The van der Waals surface area contributed by atoms with Crippen LogP contribution in [0, 0.1) is 0 Å². The number of carboxylic acids is 1. The lowest BCUT2D eigenvalue weighted by molar-refractivity contribution is -0.165. The molecule has 0 radical (unpaired) electrons. The molecule has 102 valence electrons. The topological polar surface area (TPSA) is 109 Å². The van der Waals surface area contributed by atoms with E-state index in [1.54, 1.807) is 0 Å². The van der Waals surface area contributed by atoms with Crippen LogP contribution in [0.3, 0.4) is 0 Å². The molecule has 0 bridgehead atoms. The quantitative estimate of drug-likeness (QED) is 0.560. The number of primary amides is 1. The van der Waals surface area contributed by atoms with Gasteiger partial charge in [0.2, 0.25) is 5.91 Å². The largest absolute Gasteiger partial charge is 0.480 e. The fourth-order valence-electron chi connectivity index (χ4n) is 0.899. The number of aliphatic carboxylic acids is 1. The summed E-state index contributed by atoms with van der Waals surface area (Å²) in [5.41, 5.74) is 4.79. The highest BCUT2D eigenvalue weighted by Gasteiger charge is 2.36. The van der Waals surface area contributed by atoms with Crippen molar-refractivity contribution in [1.29, 1.82) is 0 Å². The second-order valence-electron chi connectivity index (χ2n) is 3.26. The van der Waals surface area contributed by atoms with Crippen LogP contribution in [0.25, 0.3) is 0 Å². The number of hydrogen-bond acceptors (Lipinski definition) is 4. The van der Waals surface area contributed by atoms with E-state index < -0.39 is 29.9 Å². The van der Waals surface area contributed by atoms with E-state index in [4.69, 9.17) is 10.8 Å². The first-order valence-corrected chi connectivity index (χ1v) is 4.69. The number of ketones is 1. The second-order valence-corrected chi connectivity index (χ2v) is 3.26. The van der Waals surface area contributed by atoms with Crippen molar-refractivity contribution in [3.63, 3.8) is 0 Å². The third-order valence-electron chi connectivity index (χ3n) is 1.79. The Morgan fingerprint density at radius 1 is 1.33 bits per heavy atom. The summed E-state index contributed by atoms with van der Waals surface area (Å²) in [7, 11) is 0. The van der Waals surface area contributed by atoms with Crippen LogP contribution in [-0.2, 0) is 14.4 Å². The van der Waals surface area contributed by atoms with Gasteiger partial charge in [-0.2, -0.15) is 13.2 Å². The van der Waals surface area contributed by atoms with Crippen molar-refractivity contribution in [2.24, 2.45) is 5.73 Å². The number of rotatable bonds is 7. The first kappa shape index (κ1) is 15.9. The number of carboxylic acid groups (broad SMARTS) is 1. The van der Waals surface area contributed by atoms with E-state index in [9.17, 15) is 27.6 Å². The number of hydrogen-bond donors (Lipinski definition) is 3. The summed E-state index contributed by atoms with van der Waals surface area (Å²) < 4.78 is 35.3. The number of carbonyl (C=O) groups excluding carboxylic acids is 2. The molecule has 0 rings (SSSR count). The summed E-state index contributed by atoms with van der Waals surface area (Å²) in [5.74, 6) is -4.23. The summed E-state index contributed by atoms with van der Waals surface area (Å²) in [6.45, 7) is 0. The highest BCUT2D eigenvalue weighted by molar-refractivity contribution is 5.94. The van der Waals surface area contributed by atoms with Crippen LogP contribution >= 0.6 is 0 Å². The smallest absolute Gasteiger partial charge is 0.454 e. The molecule has 6 nitrogen and oxygen atoms in total. The molecular weight excluding hydrogens is 257 g/mol. The maximum absolute atomic E-state index is 11.8. The Hall–Kier alpha value is -2.06. The van der Waals surface area contributed by atoms with E-state index in [2.05, 4.69) is 5.32 Å². The molecule has 0 heterocycles. The standard InChI is InChI=1S/C9H11F3N2O4/c10-9(11,12)6(15)3-4-14-5(8(17)18)1-2-7(13)16/h3-5,14H,1-2H2,(H2,13,16)(H,17,18)/b4-3-/t5-/m0/s1. The predicted molar refractivity (Wildman–Crippen MR) is 53.2 cm³/mol. The maximum atomic E-state index is 11.8. The number of nitrogens with two attached hydrogens (primary N) is 1. The lowest BCUT2D eigenvalue weighted by Crippen LogP contribution is -2.34. The van der Waals surface area contributed by atoms with E-state index in [-0.39, 0.29) is 18.9 Å². The summed E-state index contributed by atoms with van der Waals surface area (Å²) in [5, 5.41) is 10.7. The number of alkyl halides is 3. The van der Waals surface area contributed by atoms with Crippen LogP contribution in [0.1, 0.15) is 12.8 Å². The number of halogens is 3. The van der Waals surface area contributed by atoms with Crippen molar-refractivity contribution < 1.29 is 32.7 Å². The fourth-order valence-corrected chi connectivity index (χ4v) is 0.899. The van der Waals surface area contributed by atoms with Gasteiger partial charge in [-0.3, -0.25) is 9.59 Å². The van der Waals surface area contributed by atoms with Crippen molar-refractivity contribution in [3.05, 3.63) is 12.3 Å². The molecular formula is C9H11F3N2O4. The molecule has 0 unspecified atom stereocenters. The van der Waals surface area contributed by atoms with Crippen molar-refractivity contribution in [1.82, 2.24) is 5.32 Å². The molecule has 0 saturated heterocycles. The van der Waals surface area contributed by atoms with Gasteiger partial charge in [0.15, 0.2) is 0 Å². The minimum atomic E-state index is -5.01. The first-order valence-electron chi connectivity index (χ1n) is 4.69. The monoisotopic (exact) mass is 268 g/mol. The summed E-state index contributed by atoms with van der Waals surface area (Å²) in [4.78, 5) is 31.5. The Bertz CT molecular complexity index is 365. The third-order valence-corrected chi connectivity index (χ3v) is 1.79. The predicted octanol–water partition coefficient (Wildman–Crippen LogP) is -0.0602. The molecule has 0 aromatic heterocycles. The van der Waals surface area contributed by atoms with Crippen LogP contribution in [0.2, 0.25) is 0 Å². The molecule has 0 aliphatic carbocycles. The highest BCUT2D eigenvalue weighted by Crippen LogP contribution is 2.16. The van der Waals surface area contributed by atoms with Crippen molar-refractivity contribution in [3.8, 4) is 0 Å². The van der Waals surface area contributed by atoms with Gasteiger partial charge in [0.1, 0.15) is 6.04 Å². The normalized spacial score (nSPS) is 13.3. The molecule has 1 atom stereocenters. The highest BCUT2D eigenvalue weighted by atomic mass is 19.4. The molecule has 0 aliphatic heterocycles. The Kier molecular flexibility index (Phi) is 5.86. The van der Waals surface area contributed by atoms with Crippen molar-refractivity contribution in [2.45, 2.75) is 25.1 Å². The zero-order valence-electron chi connectivity index (χ0n) is 9.03. The number of allylic oxidation sites excluding steroid dienone is 1. The first-order chi connectivity index (χ1) is 8.14. The number of carbonyl (C=O) groups is 3. The summed E-state index contributed by atoms with van der Waals surface area (Å²) in [6.07, 6.45) is -4.71. The van der Waals surface area contributed by atoms with Crippen molar-refractivity contribution in [2.75, 3.05) is 0 Å². The van der Waals surface area contributed by atoms with Crippen LogP contribution < -0.4 is 11.1 Å². The lowest BCUT2D eigenvalue weighted by atomic mass is 10.1. The fraction of sp³-hybridized carbons (Fsp3) is 0.444. The van der Waals surface area contributed by atoms with Crippen molar-refractivity contribution >= 4 is 17.7 Å². The van der Waals surface area contributed by atoms with E-state index in [1.807, 2.05) is 0 Å². The van der Waals surface area contributed by atoms with Gasteiger partial charge in [-0.25, -0.2) is 4.79 Å². The molecule has 0 spiro atoms. The zero-order chi connectivity index (χ0) is 14.3. The van der Waals surface area contributed by atoms with Gasteiger partial charge in [-0.1, -0.05) is 0 Å². The zero-order valence-corrected chi connectivity index (χ0v) is 9.03. The lowest BCUT2D eigenvalue weighted by Gasteiger charge is -2.11. The number of amides is 1. The van der Waals surface area contributed by atoms with Gasteiger partial charge in [-0.15, -0.1) is 0 Å². The molecule has 18 heavy (non-hydrogen) atoms.